The Balaban J connectivity index is 1.35. The van der Waals surface area contributed by atoms with Crippen molar-refractivity contribution in [2.75, 3.05) is 7.11 Å². The second kappa shape index (κ2) is 8.09. The number of rotatable bonds is 6. The molecule has 4 rings (SSSR count). The maximum absolute atomic E-state index is 13.3. The Labute approximate surface area is 164 Å². The number of carbonyl (C=O) groups is 1. The van der Waals surface area contributed by atoms with Crippen LogP contribution in [0.4, 0.5) is 4.39 Å². The maximum atomic E-state index is 13.3. The molecule has 0 radical (unpaired) electrons. The van der Waals surface area contributed by atoms with Crippen molar-refractivity contribution in [2.24, 2.45) is 5.16 Å². The molecule has 2 heterocycles. The number of benzene rings is 2. The first-order valence-corrected chi connectivity index (χ1v) is 8.75. The molecule has 0 N–H and O–H groups in total. The fraction of sp³-hybridized carbons (Fsp3) is 0.200. The molecule has 1 aliphatic rings. The standard InChI is InChI=1S/C20H16FN3O5/c1-26-16-8-3-2-7-14(16)19-22-18(29-24-19)11-27-20(25)17-10-15(23-28-17)12-5-4-6-13(21)9-12/h2-9,17H,10-11H2,1H3. The third kappa shape index (κ3) is 4.08. The maximum Gasteiger partial charge on any atom is 0.351 e. The highest BCUT2D eigenvalue weighted by Crippen LogP contribution is 2.27. The van der Waals surface area contributed by atoms with Crippen molar-refractivity contribution >= 4 is 11.7 Å². The lowest BCUT2D eigenvalue weighted by molar-refractivity contribution is -0.157. The second-order valence-electron chi connectivity index (χ2n) is 6.17. The van der Waals surface area contributed by atoms with Gasteiger partial charge in [-0.15, -0.1) is 0 Å². The van der Waals surface area contributed by atoms with Gasteiger partial charge < -0.3 is 18.8 Å². The van der Waals surface area contributed by atoms with Gasteiger partial charge in [0.2, 0.25) is 11.9 Å². The second-order valence-corrected chi connectivity index (χ2v) is 6.17. The van der Waals surface area contributed by atoms with E-state index in [2.05, 4.69) is 15.3 Å². The summed E-state index contributed by atoms with van der Waals surface area (Å²) in [5, 5.41) is 7.73. The van der Waals surface area contributed by atoms with E-state index in [0.29, 0.717) is 28.4 Å². The quantitative estimate of drug-likeness (QED) is 0.590. The Morgan fingerprint density at radius 3 is 2.93 bits per heavy atom. The van der Waals surface area contributed by atoms with Gasteiger partial charge in [0.1, 0.15) is 11.6 Å². The van der Waals surface area contributed by atoms with Crippen molar-refractivity contribution in [1.29, 1.82) is 0 Å². The summed E-state index contributed by atoms with van der Waals surface area (Å²) in [4.78, 5) is 21.6. The molecule has 8 nitrogen and oxygen atoms in total. The van der Waals surface area contributed by atoms with Gasteiger partial charge in [-0.25, -0.2) is 9.18 Å². The number of oxime groups is 1. The molecule has 3 aromatic rings. The van der Waals surface area contributed by atoms with Gasteiger partial charge in [-0.2, -0.15) is 4.98 Å². The molecule has 0 spiro atoms. The van der Waals surface area contributed by atoms with E-state index in [0.717, 1.165) is 0 Å². The third-order valence-electron chi connectivity index (χ3n) is 4.24. The van der Waals surface area contributed by atoms with Crippen LogP contribution in [-0.2, 0) is 21.0 Å². The molecule has 0 fully saturated rings. The Morgan fingerprint density at radius 1 is 1.24 bits per heavy atom. The van der Waals surface area contributed by atoms with Crippen LogP contribution < -0.4 is 4.74 Å². The highest BCUT2D eigenvalue weighted by atomic mass is 19.1. The summed E-state index contributed by atoms with van der Waals surface area (Å²) in [6.45, 7) is -0.212. The van der Waals surface area contributed by atoms with Gasteiger partial charge >= 0.3 is 5.97 Å². The molecule has 29 heavy (non-hydrogen) atoms. The minimum Gasteiger partial charge on any atom is -0.496 e. The van der Waals surface area contributed by atoms with Crippen LogP contribution >= 0.6 is 0 Å². The smallest absolute Gasteiger partial charge is 0.351 e. The summed E-state index contributed by atoms with van der Waals surface area (Å²) < 4.78 is 28.9. The zero-order valence-corrected chi connectivity index (χ0v) is 15.4. The fourth-order valence-corrected chi connectivity index (χ4v) is 2.82. The topological polar surface area (TPSA) is 96.0 Å². The van der Waals surface area contributed by atoms with Gasteiger partial charge in [-0.05, 0) is 24.3 Å². The summed E-state index contributed by atoms with van der Waals surface area (Å²) in [5.74, 6) is 0.0276. The fourth-order valence-electron chi connectivity index (χ4n) is 2.82. The third-order valence-corrected chi connectivity index (χ3v) is 4.24. The number of ether oxygens (including phenoxy) is 2. The molecular weight excluding hydrogens is 381 g/mol. The lowest BCUT2D eigenvalue weighted by Gasteiger charge is -2.06. The highest BCUT2D eigenvalue weighted by molar-refractivity contribution is 6.03. The number of methoxy groups -OCH3 is 1. The molecule has 0 bridgehead atoms. The first kappa shape index (κ1) is 18.6. The number of para-hydroxylation sites is 1. The highest BCUT2D eigenvalue weighted by Gasteiger charge is 2.31. The molecule has 1 unspecified atom stereocenters. The van der Waals surface area contributed by atoms with E-state index in [1.54, 1.807) is 31.4 Å². The number of nitrogens with zero attached hydrogens (tertiary/aromatic N) is 3. The summed E-state index contributed by atoms with van der Waals surface area (Å²) in [7, 11) is 1.55. The van der Waals surface area contributed by atoms with Crippen LogP contribution in [0.25, 0.3) is 11.4 Å². The SMILES string of the molecule is COc1ccccc1-c1noc(COC(=O)C2CC(c3cccc(F)c3)=NO2)n1. The monoisotopic (exact) mass is 397 g/mol. The van der Waals surface area contributed by atoms with Crippen molar-refractivity contribution in [3.63, 3.8) is 0 Å². The zero-order valence-electron chi connectivity index (χ0n) is 15.4. The Morgan fingerprint density at radius 2 is 2.10 bits per heavy atom. The van der Waals surface area contributed by atoms with E-state index in [-0.39, 0.29) is 18.9 Å². The molecule has 0 aliphatic carbocycles. The predicted octanol–water partition coefficient (Wildman–Crippen LogP) is 3.12. The molecular formula is C20H16FN3O5. The average molecular weight is 397 g/mol. The molecule has 1 aromatic heterocycles. The van der Waals surface area contributed by atoms with Crippen LogP contribution in [0.3, 0.4) is 0 Å². The largest absolute Gasteiger partial charge is 0.496 e. The lowest BCUT2D eigenvalue weighted by Crippen LogP contribution is -2.23. The van der Waals surface area contributed by atoms with Crippen molar-refractivity contribution in [3.05, 3.63) is 65.8 Å². The van der Waals surface area contributed by atoms with E-state index in [1.807, 2.05) is 12.1 Å². The molecule has 0 saturated carbocycles. The summed E-state index contributed by atoms with van der Waals surface area (Å²) >= 11 is 0. The predicted molar refractivity (Wildman–Crippen MR) is 98.5 cm³/mol. The van der Waals surface area contributed by atoms with E-state index < -0.39 is 17.9 Å². The molecule has 0 saturated heterocycles. The molecule has 2 aromatic carbocycles. The van der Waals surface area contributed by atoms with Gasteiger partial charge in [0.25, 0.3) is 5.89 Å². The normalized spacial score (nSPS) is 15.5. The number of carbonyl (C=O) groups excluding carboxylic acids is 1. The first-order valence-electron chi connectivity index (χ1n) is 8.75. The van der Waals surface area contributed by atoms with E-state index in [9.17, 15) is 9.18 Å². The van der Waals surface area contributed by atoms with Crippen molar-refractivity contribution < 1.29 is 28.0 Å². The van der Waals surface area contributed by atoms with Crippen LogP contribution in [0.5, 0.6) is 5.75 Å². The van der Waals surface area contributed by atoms with Gasteiger partial charge in [0.15, 0.2) is 6.61 Å². The van der Waals surface area contributed by atoms with Crippen LogP contribution in [0.2, 0.25) is 0 Å². The molecule has 1 atom stereocenters. The first-order chi connectivity index (χ1) is 14.1. The van der Waals surface area contributed by atoms with E-state index in [1.165, 1.54) is 12.1 Å². The van der Waals surface area contributed by atoms with E-state index >= 15 is 0 Å². The van der Waals surface area contributed by atoms with Crippen LogP contribution in [0.1, 0.15) is 17.9 Å². The minimum absolute atomic E-state index is 0.128. The van der Waals surface area contributed by atoms with Crippen molar-refractivity contribution in [3.8, 4) is 17.1 Å². The number of aromatic nitrogens is 2. The lowest BCUT2D eigenvalue weighted by atomic mass is 10.1. The van der Waals surface area contributed by atoms with Gasteiger partial charge in [-0.3, -0.25) is 0 Å². The Kier molecular flexibility index (Phi) is 5.19. The molecule has 0 amide bonds. The van der Waals surface area contributed by atoms with Gasteiger partial charge in [0, 0.05) is 12.0 Å². The minimum atomic E-state index is -0.912. The van der Waals surface area contributed by atoms with Gasteiger partial charge in [0.05, 0.1) is 18.4 Å². The Hall–Kier alpha value is -3.75. The Bertz CT molecular complexity index is 1070. The summed E-state index contributed by atoms with van der Waals surface area (Å²) in [6.07, 6.45) is -0.733. The van der Waals surface area contributed by atoms with Crippen LogP contribution in [0.15, 0.2) is 58.2 Å². The van der Waals surface area contributed by atoms with Gasteiger partial charge in [-0.1, -0.05) is 34.6 Å². The van der Waals surface area contributed by atoms with Crippen molar-refractivity contribution in [2.45, 2.75) is 19.1 Å². The zero-order chi connectivity index (χ0) is 20.2. The molecule has 1 aliphatic heterocycles. The number of hydrogen-bond donors (Lipinski definition) is 0. The summed E-state index contributed by atoms with van der Waals surface area (Å²) in [5.41, 5.74) is 1.69. The van der Waals surface area contributed by atoms with Crippen molar-refractivity contribution in [1.82, 2.24) is 10.1 Å². The van der Waals surface area contributed by atoms with Crippen LogP contribution in [-0.4, -0.2) is 35.0 Å². The molecule has 9 heteroatoms. The van der Waals surface area contributed by atoms with E-state index in [4.69, 9.17) is 18.8 Å². The number of halogens is 1. The van der Waals surface area contributed by atoms with Crippen LogP contribution in [0, 0.1) is 5.82 Å². The average Bonchev–Trinajstić information content (AvgIpc) is 3.42. The number of esters is 1. The summed E-state index contributed by atoms with van der Waals surface area (Å²) in [6, 6.07) is 13.1. The number of hydrogen-bond acceptors (Lipinski definition) is 8. The molecule has 148 valence electrons.